The third-order valence-electron chi connectivity index (χ3n) is 14.2. The van der Waals surface area contributed by atoms with Crippen LogP contribution in [0, 0.1) is 0 Å². The molecule has 3 nitrogen and oxygen atoms in total. The standard InChI is InChI=1S/C56H50BN3Si/c1-55(2,3)37-23-27-39(28-24-37)58(40-29-25-38(26-30-40)56(4,5)6)41-33-45-43-18-13-17-42-44-31-35-15-9-10-16-36(35)32-48(44)60(53(42)43)57-46-19-14-22-51-54(46)59(49(34-41)52(45)57)47-20-11-12-21-50(47)61(51,7)8/h9-34H,1-8H3. The second kappa shape index (κ2) is 12.4. The lowest BCUT2D eigenvalue weighted by Crippen LogP contribution is -2.65. The number of hydrogen-bond donors (Lipinski definition) is 0. The van der Waals surface area contributed by atoms with E-state index in [1.165, 1.54) is 93.2 Å². The van der Waals surface area contributed by atoms with E-state index in [1.54, 1.807) is 0 Å². The van der Waals surface area contributed by atoms with Crippen LogP contribution in [0.3, 0.4) is 0 Å². The Bertz CT molecular complexity index is 3250. The molecule has 12 rings (SSSR count). The van der Waals surface area contributed by atoms with Gasteiger partial charge in [-0.1, -0.05) is 158 Å². The quantitative estimate of drug-likeness (QED) is 0.165. The molecule has 0 radical (unpaired) electrons. The van der Waals surface area contributed by atoms with Crippen molar-refractivity contribution in [1.82, 2.24) is 4.48 Å². The first-order chi connectivity index (χ1) is 29.3. The van der Waals surface area contributed by atoms with Crippen molar-refractivity contribution in [3.63, 3.8) is 0 Å². The molecule has 0 aliphatic carbocycles. The van der Waals surface area contributed by atoms with Crippen molar-refractivity contribution in [2.24, 2.45) is 0 Å². The first kappa shape index (κ1) is 36.5. The minimum Gasteiger partial charge on any atom is -0.375 e. The molecule has 0 fully saturated rings. The summed E-state index contributed by atoms with van der Waals surface area (Å²) in [6, 6.07) is 60.9. The van der Waals surface area contributed by atoms with Gasteiger partial charge in [0.25, 0.3) is 0 Å². The summed E-state index contributed by atoms with van der Waals surface area (Å²) in [7, 11) is -2.10. The maximum atomic E-state index is 2.72. The van der Waals surface area contributed by atoms with Crippen LogP contribution in [0.5, 0.6) is 0 Å². The fraction of sp³-hybridized carbons (Fsp3) is 0.179. The second-order valence-corrected chi connectivity index (χ2v) is 24.6. The van der Waals surface area contributed by atoms with E-state index in [-0.39, 0.29) is 17.7 Å². The Balaban J connectivity index is 1.21. The van der Waals surface area contributed by atoms with E-state index >= 15 is 0 Å². The van der Waals surface area contributed by atoms with Gasteiger partial charge in [0.15, 0.2) is 0 Å². The fourth-order valence-electron chi connectivity index (χ4n) is 11.1. The molecular formula is C56H50BN3Si. The largest absolute Gasteiger partial charge is 0.375 e. The number of nitrogens with zero attached hydrogens (tertiary/aromatic N) is 3. The van der Waals surface area contributed by atoms with Crippen LogP contribution in [-0.2, 0) is 10.8 Å². The van der Waals surface area contributed by atoms with E-state index in [2.05, 4.69) is 227 Å². The lowest BCUT2D eigenvalue weighted by atomic mass is 9.45. The van der Waals surface area contributed by atoms with Gasteiger partial charge in [0.1, 0.15) is 8.07 Å². The van der Waals surface area contributed by atoms with E-state index < -0.39 is 8.07 Å². The van der Waals surface area contributed by atoms with Gasteiger partial charge in [-0.05, 0) is 114 Å². The van der Waals surface area contributed by atoms with Gasteiger partial charge in [0.2, 0.25) is 0 Å². The molecule has 0 saturated heterocycles. The third-order valence-corrected chi connectivity index (χ3v) is 17.7. The number of anilines is 6. The van der Waals surface area contributed by atoms with Gasteiger partial charge in [-0.2, -0.15) is 0 Å². The lowest BCUT2D eigenvalue weighted by Gasteiger charge is -2.48. The van der Waals surface area contributed by atoms with Crippen LogP contribution >= 0.6 is 0 Å². The van der Waals surface area contributed by atoms with Crippen LogP contribution in [0.25, 0.3) is 43.7 Å². The normalized spacial score (nSPS) is 14.6. The molecule has 4 heterocycles. The number of para-hydroxylation sites is 3. The molecule has 0 bridgehead atoms. The van der Waals surface area contributed by atoms with Gasteiger partial charge in [-0.3, -0.25) is 0 Å². The molecule has 0 atom stereocenters. The smallest absolute Gasteiger partial charge is 0.333 e. The van der Waals surface area contributed by atoms with Gasteiger partial charge in [-0.25, -0.2) is 0 Å². The van der Waals surface area contributed by atoms with Gasteiger partial charge >= 0.3 is 6.85 Å². The summed E-state index contributed by atoms with van der Waals surface area (Å²) in [6.07, 6.45) is 0. The minimum absolute atomic E-state index is 0.00182. The van der Waals surface area contributed by atoms with Crippen molar-refractivity contribution >= 4 is 103 Å². The first-order valence-electron chi connectivity index (χ1n) is 22.0. The van der Waals surface area contributed by atoms with Crippen LogP contribution in [0.15, 0.2) is 158 Å². The molecule has 5 heteroatoms. The Kier molecular flexibility index (Phi) is 7.43. The van der Waals surface area contributed by atoms with Gasteiger partial charge in [0.05, 0.1) is 0 Å². The Hall–Kier alpha value is -6.30. The molecule has 0 unspecified atom stereocenters. The number of fused-ring (bicyclic) bond motifs is 10. The van der Waals surface area contributed by atoms with Gasteiger partial charge in [0, 0.05) is 61.5 Å². The van der Waals surface area contributed by atoms with Crippen LogP contribution < -0.4 is 31.1 Å². The summed E-state index contributed by atoms with van der Waals surface area (Å²) in [5, 5.41) is 8.18. The topological polar surface area (TPSA) is 11.4 Å². The molecule has 3 aliphatic heterocycles. The van der Waals surface area contributed by atoms with Crippen molar-refractivity contribution in [3.05, 3.63) is 169 Å². The molecule has 8 aromatic carbocycles. The SMILES string of the molecule is CC(C)(C)c1ccc(N(c2ccc(C(C)(C)C)cc2)c2cc3c4c(c2)N2c5ccccc5[Si](C)(C)c5cccc(c52)B4n2c4cc5ccccc5cc4c4cccc-3c42)cc1. The zero-order chi connectivity index (χ0) is 41.7. The Morgan fingerprint density at radius 1 is 0.508 bits per heavy atom. The Labute approximate surface area is 361 Å². The molecule has 1 aromatic heterocycles. The summed E-state index contributed by atoms with van der Waals surface area (Å²) < 4.78 is 2.72. The fourth-order valence-corrected chi connectivity index (χ4v) is 14.1. The van der Waals surface area contributed by atoms with Crippen LogP contribution in [0.4, 0.5) is 34.1 Å². The molecule has 0 saturated carbocycles. The highest BCUT2D eigenvalue weighted by molar-refractivity contribution is 7.04. The zero-order valence-corrected chi connectivity index (χ0v) is 37.4. The van der Waals surface area contributed by atoms with E-state index in [1.807, 2.05) is 0 Å². The summed E-state index contributed by atoms with van der Waals surface area (Å²) in [5.74, 6) is 0. The predicted molar refractivity (Wildman–Crippen MR) is 266 cm³/mol. The van der Waals surface area contributed by atoms with Gasteiger partial charge < -0.3 is 14.3 Å². The summed E-state index contributed by atoms with van der Waals surface area (Å²) in [5.41, 5.74) is 18.2. The van der Waals surface area contributed by atoms with Crippen LogP contribution in [-0.4, -0.2) is 19.4 Å². The maximum Gasteiger partial charge on any atom is 0.333 e. The number of aromatic nitrogens is 1. The van der Waals surface area contributed by atoms with Crippen molar-refractivity contribution < 1.29 is 0 Å². The second-order valence-electron chi connectivity index (χ2n) is 20.3. The highest BCUT2D eigenvalue weighted by Crippen LogP contribution is 2.49. The molecule has 3 aliphatic rings. The molecule has 296 valence electrons. The molecule has 0 spiro atoms. The molecule has 0 N–H and O–H groups in total. The Morgan fingerprint density at radius 2 is 1.11 bits per heavy atom. The zero-order valence-electron chi connectivity index (χ0n) is 36.4. The highest BCUT2D eigenvalue weighted by Gasteiger charge is 2.48. The van der Waals surface area contributed by atoms with E-state index in [0.717, 1.165) is 17.1 Å². The van der Waals surface area contributed by atoms with Crippen molar-refractivity contribution in [1.29, 1.82) is 0 Å². The molecule has 9 aromatic rings. The number of benzene rings is 8. The van der Waals surface area contributed by atoms with Crippen LogP contribution in [0.1, 0.15) is 52.7 Å². The molecule has 0 amide bonds. The monoisotopic (exact) mass is 803 g/mol. The summed E-state index contributed by atoms with van der Waals surface area (Å²) >= 11 is 0. The average Bonchev–Trinajstić information content (AvgIpc) is 3.57. The van der Waals surface area contributed by atoms with E-state index in [9.17, 15) is 0 Å². The van der Waals surface area contributed by atoms with Crippen molar-refractivity contribution in [2.45, 2.75) is 65.5 Å². The minimum atomic E-state index is -2.10. The summed E-state index contributed by atoms with van der Waals surface area (Å²) in [6.45, 7) is 18.9. The molecule has 61 heavy (non-hydrogen) atoms. The van der Waals surface area contributed by atoms with Crippen LogP contribution in [0.2, 0.25) is 13.1 Å². The number of rotatable bonds is 3. The Morgan fingerprint density at radius 3 is 1.79 bits per heavy atom. The highest BCUT2D eigenvalue weighted by atomic mass is 28.3. The maximum absolute atomic E-state index is 2.72. The lowest BCUT2D eigenvalue weighted by molar-refractivity contribution is 0.590. The number of hydrogen-bond acceptors (Lipinski definition) is 2. The first-order valence-corrected chi connectivity index (χ1v) is 25.0. The van der Waals surface area contributed by atoms with Crippen molar-refractivity contribution in [2.75, 3.05) is 9.80 Å². The van der Waals surface area contributed by atoms with Crippen molar-refractivity contribution in [3.8, 4) is 11.1 Å². The average molecular weight is 804 g/mol. The predicted octanol–water partition coefficient (Wildman–Crippen LogP) is 12.6. The van der Waals surface area contributed by atoms with E-state index in [0.29, 0.717) is 0 Å². The molecular weight excluding hydrogens is 754 g/mol. The van der Waals surface area contributed by atoms with Gasteiger partial charge in [-0.15, -0.1) is 0 Å². The third kappa shape index (κ3) is 5.10. The van der Waals surface area contributed by atoms with E-state index in [4.69, 9.17) is 0 Å². The summed E-state index contributed by atoms with van der Waals surface area (Å²) in [4.78, 5) is 5.16.